The highest BCUT2D eigenvalue weighted by Gasteiger charge is 2.23. The second-order valence-corrected chi connectivity index (χ2v) is 18.1. The van der Waals surface area contributed by atoms with Crippen LogP contribution in [0.2, 0.25) is 0 Å². The van der Waals surface area contributed by atoms with E-state index in [9.17, 15) is 5.26 Å². The molecule has 3 heterocycles. The predicted molar refractivity (Wildman–Crippen MR) is 298 cm³/mol. The third-order valence-corrected chi connectivity index (χ3v) is 13.9. The Bertz CT molecular complexity index is 4160. The molecule has 0 spiro atoms. The number of rotatable bonds is 8. The van der Waals surface area contributed by atoms with Crippen molar-refractivity contribution in [2.75, 3.05) is 0 Å². The number of hydrogen-bond acceptors (Lipinski definition) is 4. The van der Waals surface area contributed by atoms with Crippen LogP contribution in [0.3, 0.4) is 0 Å². The quantitative estimate of drug-likeness (QED) is 0.142. The molecule has 0 saturated carbocycles. The Kier molecular flexibility index (Phi) is 10.5. The standard InChI is InChI=1S/C66H38N8/c1-68-50-32-26-44(27-33-50)46-12-11-13-49(38-46)64-70-65(56-36-30-47(43-24-22-42(41-67)23-25-43)39-62(56)73-58-18-7-3-14-52(58)53-15-4-8-19-59(53)73)72-66(71-64)57-37-31-48(45-28-34-51(69-2)35-29-45)40-63(57)74-60-20-9-5-16-54(60)55-17-6-10-21-61(55)74/h3-40H. The van der Waals surface area contributed by atoms with Crippen LogP contribution in [-0.4, -0.2) is 24.1 Å². The Hall–Kier alpha value is -10.7. The van der Waals surface area contributed by atoms with Crippen LogP contribution in [0, 0.1) is 24.5 Å². The SMILES string of the molecule is [C-]#[N+]c1ccc(-c2cccc(-c3nc(-c4ccc(-c5ccc(C#N)cc5)cc4-n4c5ccccc5c5ccccc54)nc(-c4ccc(-c5ccc([N+]#[C-])cc5)cc4-n4c5ccccc5c5ccccc54)n3)c2)cc1. The summed E-state index contributed by atoms with van der Waals surface area (Å²) in [6.45, 7) is 15.2. The molecule has 10 aromatic carbocycles. The zero-order chi connectivity index (χ0) is 49.7. The molecule has 0 N–H and O–H groups in total. The fourth-order valence-electron chi connectivity index (χ4n) is 10.3. The molecule has 0 aliphatic heterocycles. The summed E-state index contributed by atoms with van der Waals surface area (Å²) >= 11 is 0. The zero-order valence-electron chi connectivity index (χ0n) is 39.5. The van der Waals surface area contributed by atoms with Crippen molar-refractivity contribution >= 4 is 55.0 Å². The van der Waals surface area contributed by atoms with Crippen LogP contribution in [0.1, 0.15) is 5.56 Å². The lowest BCUT2D eigenvalue weighted by Gasteiger charge is -2.18. The van der Waals surface area contributed by atoms with E-state index >= 15 is 0 Å². The van der Waals surface area contributed by atoms with Gasteiger partial charge in [0.05, 0.1) is 58.2 Å². The van der Waals surface area contributed by atoms with E-state index < -0.39 is 0 Å². The van der Waals surface area contributed by atoms with Gasteiger partial charge in [0.25, 0.3) is 0 Å². The molecule has 0 unspecified atom stereocenters. The zero-order valence-corrected chi connectivity index (χ0v) is 39.5. The Morgan fingerprint density at radius 3 is 1.09 bits per heavy atom. The third kappa shape index (κ3) is 7.42. The number of para-hydroxylation sites is 4. The number of nitrogens with zero attached hydrogens (tertiary/aromatic N) is 8. The molecule has 74 heavy (non-hydrogen) atoms. The molecule has 0 atom stereocenters. The predicted octanol–water partition coefficient (Wildman–Crippen LogP) is 17.0. The average molecular weight is 943 g/mol. The molecule has 0 fully saturated rings. The van der Waals surface area contributed by atoms with Gasteiger partial charge in [-0.15, -0.1) is 0 Å². The van der Waals surface area contributed by atoms with Crippen molar-refractivity contribution in [1.29, 1.82) is 5.26 Å². The maximum atomic E-state index is 9.69. The number of aromatic nitrogens is 5. The van der Waals surface area contributed by atoms with Crippen LogP contribution in [0.4, 0.5) is 11.4 Å². The molecule has 13 rings (SSSR count). The summed E-state index contributed by atoms with van der Waals surface area (Å²) in [4.78, 5) is 23.7. The monoisotopic (exact) mass is 942 g/mol. The lowest BCUT2D eigenvalue weighted by molar-refractivity contribution is 1.06. The van der Waals surface area contributed by atoms with Gasteiger partial charge in [0.1, 0.15) is 0 Å². The average Bonchev–Trinajstić information content (AvgIpc) is 4.00. The van der Waals surface area contributed by atoms with Gasteiger partial charge in [-0.1, -0.05) is 164 Å². The van der Waals surface area contributed by atoms with Gasteiger partial charge in [0.15, 0.2) is 28.8 Å². The summed E-state index contributed by atoms with van der Waals surface area (Å²) in [7, 11) is 0. The minimum atomic E-state index is 0.479. The van der Waals surface area contributed by atoms with Gasteiger partial charge in [-0.3, -0.25) is 0 Å². The van der Waals surface area contributed by atoms with Crippen molar-refractivity contribution in [2.24, 2.45) is 0 Å². The fraction of sp³-hybridized carbons (Fsp3) is 0. The van der Waals surface area contributed by atoms with Gasteiger partial charge in [-0.2, -0.15) is 5.26 Å². The Morgan fingerprint density at radius 2 is 0.689 bits per heavy atom. The number of hydrogen-bond donors (Lipinski definition) is 0. The molecule has 13 aromatic rings. The van der Waals surface area contributed by atoms with Crippen LogP contribution in [0.5, 0.6) is 0 Å². The van der Waals surface area contributed by atoms with Gasteiger partial charge >= 0.3 is 0 Å². The first-order chi connectivity index (χ1) is 36.5. The number of fused-ring (bicyclic) bond motifs is 6. The first-order valence-electron chi connectivity index (χ1n) is 24.1. The van der Waals surface area contributed by atoms with E-state index in [1.165, 1.54) is 0 Å². The maximum Gasteiger partial charge on any atom is 0.187 e. The summed E-state index contributed by atoms with van der Waals surface area (Å²) < 4.78 is 4.62. The highest BCUT2D eigenvalue weighted by Crippen LogP contribution is 2.42. The van der Waals surface area contributed by atoms with E-state index in [0.717, 1.165) is 105 Å². The third-order valence-electron chi connectivity index (χ3n) is 13.9. The molecule has 8 heteroatoms. The van der Waals surface area contributed by atoms with Crippen molar-refractivity contribution in [3.05, 3.63) is 259 Å². The largest absolute Gasteiger partial charge is 0.308 e. The number of nitriles is 1. The topological polar surface area (TPSA) is 81.0 Å². The van der Waals surface area contributed by atoms with E-state index in [1.807, 2.05) is 84.9 Å². The van der Waals surface area contributed by atoms with Crippen LogP contribution in [0.15, 0.2) is 231 Å². The highest BCUT2D eigenvalue weighted by atomic mass is 15.1. The minimum Gasteiger partial charge on any atom is -0.308 e. The lowest BCUT2D eigenvalue weighted by Crippen LogP contribution is -2.06. The van der Waals surface area contributed by atoms with Gasteiger partial charge < -0.3 is 9.13 Å². The summed E-state index contributed by atoms with van der Waals surface area (Å²) in [6, 6.07) is 80.2. The van der Waals surface area contributed by atoms with Gasteiger partial charge in [0, 0.05) is 38.2 Å². The maximum absolute atomic E-state index is 9.69. The number of benzene rings is 10. The Balaban J connectivity index is 1.11. The summed E-state index contributed by atoms with van der Waals surface area (Å²) in [5.74, 6) is 1.45. The van der Waals surface area contributed by atoms with Crippen LogP contribution in [-0.2, 0) is 0 Å². The molecule has 0 amide bonds. The van der Waals surface area contributed by atoms with Gasteiger partial charge in [0.2, 0.25) is 0 Å². The van der Waals surface area contributed by atoms with Crippen LogP contribution >= 0.6 is 0 Å². The molecule has 0 saturated heterocycles. The van der Waals surface area contributed by atoms with E-state index in [0.29, 0.717) is 34.4 Å². The van der Waals surface area contributed by atoms with Crippen molar-refractivity contribution in [3.8, 4) is 85.0 Å². The minimum absolute atomic E-state index is 0.479. The normalized spacial score (nSPS) is 11.2. The van der Waals surface area contributed by atoms with Gasteiger partial charge in [-0.25, -0.2) is 24.6 Å². The fourth-order valence-corrected chi connectivity index (χ4v) is 10.3. The van der Waals surface area contributed by atoms with Crippen molar-refractivity contribution in [1.82, 2.24) is 24.1 Å². The molecular weight excluding hydrogens is 905 g/mol. The molecule has 0 radical (unpaired) electrons. The first kappa shape index (κ1) is 43.3. The molecule has 0 aliphatic carbocycles. The first-order valence-corrected chi connectivity index (χ1v) is 24.1. The second kappa shape index (κ2) is 17.9. The molecule has 342 valence electrons. The summed E-state index contributed by atoms with van der Waals surface area (Å²) in [5.41, 5.74) is 15.8. The highest BCUT2D eigenvalue weighted by molar-refractivity contribution is 6.11. The molecular formula is C66H38N8. The molecule has 3 aromatic heterocycles. The van der Waals surface area contributed by atoms with Crippen LogP contribution in [0.25, 0.3) is 132 Å². The second-order valence-electron chi connectivity index (χ2n) is 18.1. The summed E-state index contributed by atoms with van der Waals surface area (Å²) in [6.07, 6.45) is 0. The van der Waals surface area contributed by atoms with Gasteiger partial charge in [-0.05, 0) is 100 Å². The van der Waals surface area contributed by atoms with Crippen molar-refractivity contribution < 1.29 is 0 Å². The lowest BCUT2D eigenvalue weighted by atomic mass is 9.99. The molecule has 8 nitrogen and oxygen atoms in total. The Labute approximate surface area is 426 Å². The van der Waals surface area contributed by atoms with Crippen molar-refractivity contribution in [3.63, 3.8) is 0 Å². The van der Waals surface area contributed by atoms with E-state index in [2.05, 4.69) is 170 Å². The Morgan fingerprint density at radius 1 is 0.338 bits per heavy atom. The van der Waals surface area contributed by atoms with E-state index in [-0.39, 0.29) is 0 Å². The van der Waals surface area contributed by atoms with Crippen molar-refractivity contribution in [2.45, 2.75) is 0 Å². The molecule has 0 bridgehead atoms. The van der Waals surface area contributed by atoms with E-state index in [1.54, 1.807) is 0 Å². The molecule has 0 aliphatic rings. The summed E-state index contributed by atoms with van der Waals surface area (Å²) in [5, 5.41) is 14.2. The van der Waals surface area contributed by atoms with Crippen LogP contribution < -0.4 is 0 Å². The smallest absolute Gasteiger partial charge is 0.187 e. The van der Waals surface area contributed by atoms with E-state index in [4.69, 9.17) is 28.1 Å².